The van der Waals surface area contributed by atoms with Crippen molar-refractivity contribution >= 4 is 60.4 Å². The molecule has 3 aromatic rings. The van der Waals surface area contributed by atoms with Crippen LogP contribution in [0.1, 0.15) is 53.2 Å². The summed E-state index contributed by atoms with van der Waals surface area (Å²) in [5.41, 5.74) is 7.86. The van der Waals surface area contributed by atoms with Gasteiger partial charge in [0, 0.05) is 23.0 Å². The maximum absolute atomic E-state index is 13.0. The van der Waals surface area contributed by atoms with E-state index in [1.807, 2.05) is 30.6 Å². The predicted octanol–water partition coefficient (Wildman–Crippen LogP) is 6.05. The minimum absolute atomic E-state index is 0.0838. The van der Waals surface area contributed by atoms with Crippen molar-refractivity contribution in [1.29, 1.82) is 0 Å². The second kappa shape index (κ2) is 17.4. The van der Waals surface area contributed by atoms with E-state index < -0.39 is 20.3 Å². The minimum Gasteiger partial charge on any atom is -0.485 e. The summed E-state index contributed by atoms with van der Waals surface area (Å²) in [7, 11) is 0.201. The maximum atomic E-state index is 13.0. The molecule has 1 aliphatic rings. The van der Waals surface area contributed by atoms with Crippen molar-refractivity contribution in [1.82, 2.24) is 24.6 Å². The third kappa shape index (κ3) is 9.99. The Morgan fingerprint density at radius 2 is 2.04 bits per heavy atom. The van der Waals surface area contributed by atoms with Gasteiger partial charge in [-0.25, -0.2) is 10.8 Å². The van der Waals surface area contributed by atoms with Crippen LogP contribution in [0.15, 0.2) is 53.4 Å². The Balaban J connectivity index is 1.41. The summed E-state index contributed by atoms with van der Waals surface area (Å²) in [6.45, 7) is 8.17. The number of rotatable bonds is 16. The second-order valence-electron chi connectivity index (χ2n) is 11.2. The van der Waals surface area contributed by atoms with Gasteiger partial charge in [-0.2, -0.15) is 9.97 Å². The van der Waals surface area contributed by atoms with E-state index in [1.165, 1.54) is 5.01 Å². The quantitative estimate of drug-likeness (QED) is 0.0519. The topological polar surface area (TPSA) is 165 Å². The molecule has 0 amide bonds. The van der Waals surface area contributed by atoms with Crippen LogP contribution >= 0.6 is 31.5 Å². The molecule has 1 fully saturated rings. The molecular weight excluding hydrogens is 666 g/mol. The fourth-order valence-corrected chi connectivity index (χ4v) is 6.67. The lowest BCUT2D eigenvalue weighted by Crippen LogP contribution is -2.34. The number of ether oxygens (including phenoxy) is 3. The molecule has 1 aromatic carbocycles. The summed E-state index contributed by atoms with van der Waals surface area (Å²) in [6.07, 6.45) is 7.25. The number of aromatic nitrogens is 4. The molecule has 47 heavy (non-hydrogen) atoms. The van der Waals surface area contributed by atoms with E-state index in [-0.39, 0.29) is 43.8 Å². The number of hydrogen-bond donors (Lipinski definition) is 3. The molecule has 3 heterocycles. The zero-order valence-electron chi connectivity index (χ0n) is 27.2. The number of hydrazine groups is 1. The van der Waals surface area contributed by atoms with Crippen molar-refractivity contribution in [2.45, 2.75) is 65.3 Å². The van der Waals surface area contributed by atoms with Crippen molar-refractivity contribution in [2.24, 2.45) is 11.8 Å². The number of anilines is 2. The lowest BCUT2D eigenvalue weighted by Gasteiger charge is -2.24. The second-order valence-corrected chi connectivity index (χ2v) is 13.6. The van der Waals surface area contributed by atoms with Gasteiger partial charge in [-0.1, -0.05) is 50.0 Å². The van der Waals surface area contributed by atoms with E-state index in [0.717, 1.165) is 12.0 Å². The number of halogens is 2. The number of esters is 1. The normalized spacial score (nSPS) is 20.0. The Labute approximate surface area is 286 Å². The Hall–Kier alpha value is -3.03. The minimum atomic E-state index is -1.46. The van der Waals surface area contributed by atoms with Crippen LogP contribution in [0.4, 0.5) is 11.8 Å². The first kappa shape index (κ1) is 36.8. The van der Waals surface area contributed by atoms with Crippen LogP contribution in [0.25, 0.3) is 11.2 Å². The fraction of sp³-hybridized carbons (Fsp3) is 0.484. The highest BCUT2D eigenvalue weighted by Gasteiger charge is 2.36. The molecule has 256 valence electrons. The number of nitrogen functional groups attached to an aromatic ring is 1. The molecule has 2 aromatic heterocycles. The molecule has 0 spiro atoms. The van der Waals surface area contributed by atoms with Crippen molar-refractivity contribution in [3.63, 3.8) is 0 Å². The number of fused-ring (bicyclic) bond motifs is 1. The average Bonchev–Trinajstić information content (AvgIpc) is 3.63. The first-order valence-electron chi connectivity index (χ1n) is 15.4. The Kier molecular flexibility index (Phi) is 13.6. The van der Waals surface area contributed by atoms with Gasteiger partial charge in [-0.05, 0) is 62.1 Å². The number of benzene rings is 1. The molecule has 5 atom stereocenters. The molecule has 13 nitrogen and oxygen atoms in total. The van der Waals surface area contributed by atoms with Gasteiger partial charge in [0.2, 0.25) is 5.95 Å². The van der Waals surface area contributed by atoms with Crippen molar-refractivity contribution in [3.05, 3.63) is 58.4 Å². The van der Waals surface area contributed by atoms with E-state index in [0.29, 0.717) is 45.6 Å². The van der Waals surface area contributed by atoms with Gasteiger partial charge >= 0.3 is 5.97 Å². The molecule has 5 unspecified atom stereocenters. The van der Waals surface area contributed by atoms with Crippen LogP contribution < -0.4 is 26.4 Å². The number of carbonyl (C=O) groups is 1. The van der Waals surface area contributed by atoms with Crippen molar-refractivity contribution < 1.29 is 23.5 Å². The van der Waals surface area contributed by atoms with Gasteiger partial charge in [0.1, 0.15) is 39.3 Å². The molecule has 0 aliphatic carbocycles. The number of nitrogens with two attached hydrogens (primary N) is 2. The third-order valence-corrected chi connectivity index (χ3v) is 9.55. The molecule has 1 aliphatic heterocycles. The molecule has 0 bridgehead atoms. The monoisotopic (exact) mass is 708 g/mol. The average molecular weight is 710 g/mol. The number of hydrogen-bond acceptors (Lipinski definition) is 12. The summed E-state index contributed by atoms with van der Waals surface area (Å²) >= 11 is 12.4. The van der Waals surface area contributed by atoms with E-state index >= 15 is 0 Å². The number of carbonyl (C=O) groups excluding carboxylic acids is 1. The van der Waals surface area contributed by atoms with Gasteiger partial charge in [0.15, 0.2) is 17.0 Å². The number of nitrogens with zero attached hydrogens (tertiary/aromatic N) is 5. The highest BCUT2D eigenvalue weighted by molar-refractivity contribution is 7.50. The predicted molar refractivity (Wildman–Crippen MR) is 186 cm³/mol. The number of allylic oxidation sites excluding steroid dienone is 3. The SMILES string of the molecule is CC/C=C\C(Cl)=C(/CC)COC(=O)C(C)NP(COc1ccc(Cl)cc1)OCC1CC(C)C(n2cnc3c(N(C)N)nc(N)nc32)O1. The van der Waals surface area contributed by atoms with Gasteiger partial charge in [0.05, 0.1) is 19.0 Å². The molecule has 0 saturated carbocycles. The Morgan fingerprint density at radius 1 is 1.30 bits per heavy atom. The highest BCUT2D eigenvalue weighted by Crippen LogP contribution is 2.40. The zero-order chi connectivity index (χ0) is 34.1. The van der Waals surface area contributed by atoms with Crippen LogP contribution in [-0.2, 0) is 18.8 Å². The maximum Gasteiger partial charge on any atom is 0.323 e. The first-order valence-corrected chi connectivity index (χ1v) is 17.6. The molecule has 0 radical (unpaired) electrons. The summed E-state index contributed by atoms with van der Waals surface area (Å²) < 4.78 is 26.2. The summed E-state index contributed by atoms with van der Waals surface area (Å²) in [5, 5.41) is 5.80. The van der Waals surface area contributed by atoms with Gasteiger partial charge in [0.25, 0.3) is 0 Å². The summed E-state index contributed by atoms with van der Waals surface area (Å²) in [4.78, 5) is 26.1. The van der Waals surface area contributed by atoms with E-state index in [1.54, 1.807) is 44.6 Å². The zero-order valence-corrected chi connectivity index (χ0v) is 29.6. The largest absolute Gasteiger partial charge is 0.485 e. The van der Waals surface area contributed by atoms with Crippen LogP contribution in [0.5, 0.6) is 5.75 Å². The standard InChI is InChI=1S/C31H43Cl2N8O5P/c1-6-8-9-25(33)21(7-2)15-43-30(42)20(4)39-47(18-44-23-12-10-22(32)11-13-23)45-16-24-14-19(3)29(46-24)41-17-36-26-27(40(5)35)37-31(34)38-28(26)41/h8-13,17,19-20,24,29,39H,6-7,14-16,18,35H2,1-5H3,(H2,34,37,38)/b9-8-,25-21-. The molecule has 4 rings (SSSR count). The summed E-state index contributed by atoms with van der Waals surface area (Å²) in [5.74, 6) is 6.75. The van der Waals surface area contributed by atoms with Crippen LogP contribution in [0, 0.1) is 5.92 Å². The lowest BCUT2D eigenvalue weighted by atomic mass is 10.1. The van der Waals surface area contributed by atoms with Gasteiger partial charge < -0.3 is 24.5 Å². The van der Waals surface area contributed by atoms with Crippen molar-refractivity contribution in [2.75, 3.05) is 37.4 Å². The summed E-state index contributed by atoms with van der Waals surface area (Å²) in [6, 6.07) is 6.36. The third-order valence-electron chi connectivity index (χ3n) is 7.40. The smallest absolute Gasteiger partial charge is 0.323 e. The highest BCUT2D eigenvalue weighted by atomic mass is 35.5. The molecule has 5 N–H and O–H groups in total. The van der Waals surface area contributed by atoms with Gasteiger partial charge in [-0.15, -0.1) is 0 Å². The lowest BCUT2D eigenvalue weighted by molar-refractivity contribution is -0.144. The van der Waals surface area contributed by atoms with Gasteiger partial charge in [-0.3, -0.25) is 19.5 Å². The molecule has 16 heteroatoms. The molecular formula is C31H43Cl2N8O5P. The first-order chi connectivity index (χ1) is 22.5. The van der Waals surface area contributed by atoms with E-state index in [9.17, 15) is 4.79 Å². The number of imidazole rings is 1. The van der Waals surface area contributed by atoms with E-state index in [2.05, 4.69) is 27.0 Å². The Bertz CT molecular complexity index is 1550. The molecule has 1 saturated heterocycles. The van der Waals surface area contributed by atoms with E-state index in [4.69, 9.17) is 53.5 Å². The van der Waals surface area contributed by atoms with Crippen LogP contribution in [0.2, 0.25) is 5.02 Å². The number of nitrogens with one attached hydrogen (secondary N) is 1. The van der Waals surface area contributed by atoms with Crippen LogP contribution in [0.3, 0.4) is 0 Å². The Morgan fingerprint density at radius 3 is 2.72 bits per heavy atom. The van der Waals surface area contributed by atoms with Crippen molar-refractivity contribution in [3.8, 4) is 5.75 Å². The fourth-order valence-electron chi connectivity index (χ4n) is 4.90. The van der Waals surface area contributed by atoms with Crippen LogP contribution in [-0.4, -0.2) is 64.2 Å².